The summed E-state index contributed by atoms with van der Waals surface area (Å²) in [4.78, 5) is 18.8. The Morgan fingerprint density at radius 3 is 2.83 bits per heavy atom. The maximum absolute atomic E-state index is 12.6. The van der Waals surface area contributed by atoms with Crippen LogP contribution >= 0.6 is 0 Å². The number of aryl methyl sites for hydroxylation is 2. The largest absolute Gasteiger partial charge is 0.379 e. The van der Waals surface area contributed by atoms with Gasteiger partial charge in [-0.1, -0.05) is 11.2 Å². The summed E-state index contributed by atoms with van der Waals surface area (Å²) >= 11 is 0. The van der Waals surface area contributed by atoms with E-state index < -0.39 is 0 Å². The third kappa shape index (κ3) is 3.42. The van der Waals surface area contributed by atoms with E-state index in [0.717, 1.165) is 17.1 Å². The van der Waals surface area contributed by atoms with Crippen molar-refractivity contribution in [2.45, 2.75) is 26.4 Å². The predicted octanol–water partition coefficient (Wildman–Crippen LogP) is 2.02. The maximum atomic E-state index is 12.6. The molecule has 1 amide bonds. The number of aromatic nitrogens is 2. The number of ether oxygens (including phenoxy) is 1. The minimum absolute atomic E-state index is 0.00540. The van der Waals surface area contributed by atoms with Crippen molar-refractivity contribution in [3.05, 3.63) is 47.1 Å². The van der Waals surface area contributed by atoms with Gasteiger partial charge in [0.1, 0.15) is 11.5 Å². The number of hydrogen-bond donors (Lipinski definition) is 0. The van der Waals surface area contributed by atoms with Crippen molar-refractivity contribution in [3.63, 3.8) is 0 Å². The number of nitrogens with zero attached hydrogens (tertiary/aromatic N) is 3. The second-order valence-electron chi connectivity index (χ2n) is 6.05. The van der Waals surface area contributed by atoms with E-state index in [1.807, 2.05) is 36.9 Å². The smallest absolute Gasteiger partial charge is 0.272 e. The monoisotopic (exact) mass is 315 g/mol. The molecular weight excluding hydrogens is 294 g/mol. The summed E-state index contributed by atoms with van der Waals surface area (Å²) < 4.78 is 10.9. The number of amides is 1. The summed E-state index contributed by atoms with van der Waals surface area (Å²) in [5.41, 5.74) is 2.19. The van der Waals surface area contributed by atoms with Crippen LogP contribution in [0.25, 0.3) is 0 Å². The molecule has 1 fully saturated rings. The topological polar surface area (TPSA) is 68.5 Å². The molecule has 3 rings (SSSR count). The van der Waals surface area contributed by atoms with Crippen LogP contribution in [0, 0.1) is 19.8 Å². The van der Waals surface area contributed by atoms with Crippen molar-refractivity contribution in [3.8, 4) is 0 Å². The van der Waals surface area contributed by atoms with Gasteiger partial charge in [-0.2, -0.15) is 0 Å². The highest BCUT2D eigenvalue weighted by Crippen LogP contribution is 2.25. The van der Waals surface area contributed by atoms with Crippen LogP contribution in [-0.2, 0) is 11.2 Å². The van der Waals surface area contributed by atoms with Crippen LogP contribution in [0.15, 0.2) is 28.8 Å². The number of rotatable bonds is 4. The Kier molecular flexibility index (Phi) is 4.43. The Balaban J connectivity index is 1.72. The number of carbonyl (C=O) groups is 1. The molecule has 2 aromatic rings. The second kappa shape index (κ2) is 6.50. The number of hydrogen-bond acceptors (Lipinski definition) is 5. The fraction of sp³-hybridized carbons (Fsp3) is 0.471. The Labute approximate surface area is 135 Å². The highest BCUT2D eigenvalue weighted by molar-refractivity contribution is 5.92. The zero-order chi connectivity index (χ0) is 16.4. The fourth-order valence-corrected chi connectivity index (χ4v) is 3.07. The van der Waals surface area contributed by atoms with E-state index in [1.54, 1.807) is 13.2 Å². The first kappa shape index (κ1) is 15.7. The molecule has 0 N–H and O–H groups in total. The molecule has 0 unspecified atom stereocenters. The quantitative estimate of drug-likeness (QED) is 0.863. The van der Waals surface area contributed by atoms with Crippen molar-refractivity contribution in [2.24, 2.45) is 5.92 Å². The normalized spacial score (nSPS) is 20.9. The first-order valence-electron chi connectivity index (χ1n) is 7.74. The molecule has 1 aliphatic rings. The first-order valence-corrected chi connectivity index (χ1v) is 7.74. The summed E-state index contributed by atoms with van der Waals surface area (Å²) in [5, 5.41) is 3.91. The van der Waals surface area contributed by atoms with Gasteiger partial charge in [0.25, 0.3) is 5.91 Å². The molecule has 2 aromatic heterocycles. The predicted molar refractivity (Wildman–Crippen MR) is 84.1 cm³/mol. The van der Waals surface area contributed by atoms with E-state index >= 15 is 0 Å². The Morgan fingerprint density at radius 2 is 2.17 bits per heavy atom. The molecule has 122 valence electrons. The van der Waals surface area contributed by atoms with Gasteiger partial charge in [-0.15, -0.1) is 0 Å². The molecule has 1 saturated heterocycles. The third-order valence-electron chi connectivity index (χ3n) is 4.22. The lowest BCUT2D eigenvalue weighted by Crippen LogP contribution is -2.30. The minimum Gasteiger partial charge on any atom is -0.379 e. The Hall–Kier alpha value is -2.21. The van der Waals surface area contributed by atoms with Gasteiger partial charge >= 0.3 is 0 Å². The summed E-state index contributed by atoms with van der Waals surface area (Å²) in [6.45, 7) is 4.98. The highest BCUT2D eigenvalue weighted by atomic mass is 16.5. The van der Waals surface area contributed by atoms with Gasteiger partial charge in [0.15, 0.2) is 0 Å². The molecule has 6 heteroatoms. The molecule has 1 aliphatic heterocycles. The van der Waals surface area contributed by atoms with Gasteiger partial charge in [-0.05, 0) is 26.0 Å². The summed E-state index contributed by atoms with van der Waals surface area (Å²) in [6, 6.07) is 7.42. The van der Waals surface area contributed by atoms with Gasteiger partial charge in [-0.25, -0.2) is 4.98 Å². The summed E-state index contributed by atoms with van der Waals surface area (Å²) in [7, 11) is 1.68. The van der Waals surface area contributed by atoms with E-state index in [9.17, 15) is 4.79 Å². The van der Waals surface area contributed by atoms with Crippen LogP contribution in [-0.4, -0.2) is 47.3 Å². The van der Waals surface area contributed by atoms with Gasteiger partial charge in [-0.3, -0.25) is 4.79 Å². The highest BCUT2D eigenvalue weighted by Gasteiger charge is 2.36. The molecule has 2 atom stereocenters. The average Bonchev–Trinajstić information content (AvgIpc) is 3.13. The van der Waals surface area contributed by atoms with Gasteiger partial charge in [0, 0.05) is 44.3 Å². The molecule has 0 spiro atoms. The number of pyridine rings is 1. The standard InChI is InChI=1S/C17H21N3O3/c1-11-5-4-6-15(18-11)17(21)20-9-13(16(10-20)22-3)8-14-7-12(2)19-23-14/h4-7,13,16H,8-10H2,1-3H3/t13-,16+/m1/s1. The van der Waals surface area contributed by atoms with Gasteiger partial charge in [0.2, 0.25) is 0 Å². The van der Waals surface area contributed by atoms with Crippen LogP contribution in [0.2, 0.25) is 0 Å². The van der Waals surface area contributed by atoms with E-state index in [-0.39, 0.29) is 17.9 Å². The number of methoxy groups -OCH3 is 1. The van der Waals surface area contributed by atoms with E-state index in [1.165, 1.54) is 0 Å². The van der Waals surface area contributed by atoms with Crippen molar-refractivity contribution < 1.29 is 14.1 Å². The van der Waals surface area contributed by atoms with E-state index in [0.29, 0.717) is 25.2 Å². The van der Waals surface area contributed by atoms with Crippen molar-refractivity contribution in [1.82, 2.24) is 15.0 Å². The van der Waals surface area contributed by atoms with Crippen molar-refractivity contribution >= 4 is 5.91 Å². The lowest BCUT2D eigenvalue weighted by atomic mass is 10.0. The molecule has 3 heterocycles. The van der Waals surface area contributed by atoms with Gasteiger partial charge in [0.05, 0.1) is 11.8 Å². The van der Waals surface area contributed by atoms with Gasteiger partial charge < -0.3 is 14.2 Å². The summed E-state index contributed by atoms with van der Waals surface area (Å²) in [6.07, 6.45) is 0.707. The second-order valence-corrected chi connectivity index (χ2v) is 6.05. The van der Waals surface area contributed by atoms with Crippen LogP contribution in [0.4, 0.5) is 0 Å². The zero-order valence-corrected chi connectivity index (χ0v) is 13.7. The van der Waals surface area contributed by atoms with Crippen molar-refractivity contribution in [2.75, 3.05) is 20.2 Å². The van der Waals surface area contributed by atoms with Crippen LogP contribution in [0.5, 0.6) is 0 Å². The lowest BCUT2D eigenvalue weighted by molar-refractivity contribution is 0.0669. The van der Waals surface area contributed by atoms with Crippen molar-refractivity contribution in [1.29, 1.82) is 0 Å². The van der Waals surface area contributed by atoms with Crippen LogP contribution in [0.1, 0.15) is 27.6 Å². The molecule has 0 saturated carbocycles. The minimum atomic E-state index is -0.0491. The lowest BCUT2D eigenvalue weighted by Gasteiger charge is -2.15. The molecular formula is C17H21N3O3. The number of carbonyl (C=O) groups excluding carboxylic acids is 1. The third-order valence-corrected chi connectivity index (χ3v) is 4.22. The SMILES string of the molecule is CO[C@H]1CN(C(=O)c2cccc(C)n2)C[C@H]1Cc1cc(C)no1. The number of likely N-dealkylation sites (tertiary alicyclic amines) is 1. The molecule has 0 aliphatic carbocycles. The summed E-state index contributed by atoms with van der Waals surface area (Å²) in [5.74, 6) is 0.977. The molecule has 23 heavy (non-hydrogen) atoms. The maximum Gasteiger partial charge on any atom is 0.272 e. The molecule has 0 radical (unpaired) electrons. The first-order chi connectivity index (χ1) is 11.1. The molecule has 6 nitrogen and oxygen atoms in total. The van der Waals surface area contributed by atoms with Crippen LogP contribution in [0.3, 0.4) is 0 Å². The van der Waals surface area contributed by atoms with E-state index in [2.05, 4.69) is 10.1 Å². The zero-order valence-electron chi connectivity index (χ0n) is 13.7. The van der Waals surface area contributed by atoms with E-state index in [4.69, 9.17) is 9.26 Å². The molecule has 0 aromatic carbocycles. The van der Waals surface area contributed by atoms with Crippen LogP contribution < -0.4 is 0 Å². The molecule has 0 bridgehead atoms. The Bertz CT molecular complexity index is 698. The fourth-order valence-electron chi connectivity index (χ4n) is 3.07. The average molecular weight is 315 g/mol. The Morgan fingerprint density at radius 1 is 1.35 bits per heavy atom.